The number of rotatable bonds is 6. The lowest BCUT2D eigenvalue weighted by molar-refractivity contribution is -0.138. The maximum absolute atomic E-state index is 12.9. The van der Waals surface area contributed by atoms with Gasteiger partial charge in [0.15, 0.2) is 0 Å². The fourth-order valence-electron chi connectivity index (χ4n) is 3.33. The highest BCUT2D eigenvalue weighted by Crippen LogP contribution is 2.30. The van der Waals surface area contributed by atoms with Gasteiger partial charge in [-0.15, -0.1) is 0 Å². The fourth-order valence-corrected chi connectivity index (χ4v) is 3.33. The monoisotopic (exact) mass is 371 g/mol. The molecule has 1 unspecified atom stereocenters. The topological polar surface area (TPSA) is 79.0 Å². The van der Waals surface area contributed by atoms with Gasteiger partial charge >= 0.3 is 6.03 Å². The summed E-state index contributed by atoms with van der Waals surface area (Å²) in [6.45, 7) is 8.88. The van der Waals surface area contributed by atoms with Crippen LogP contribution in [-0.4, -0.2) is 53.9 Å². The van der Waals surface area contributed by atoms with E-state index in [1.165, 1.54) is 0 Å². The molecule has 0 bridgehead atoms. The Hall–Kier alpha value is -2.83. The fraction of sp³-hybridized carbons (Fsp3) is 0.450. The lowest BCUT2D eigenvalue weighted by Gasteiger charge is -2.23. The van der Waals surface area contributed by atoms with E-state index in [1.807, 2.05) is 6.92 Å². The van der Waals surface area contributed by atoms with Gasteiger partial charge in [0.2, 0.25) is 5.91 Å². The number of likely N-dealkylation sites (tertiary alicyclic amines) is 1. The summed E-state index contributed by atoms with van der Waals surface area (Å²) >= 11 is 0. The summed E-state index contributed by atoms with van der Waals surface area (Å²) in [5.74, 6) is 0.0441. The number of benzene rings is 1. The molecular formula is C20H25N3O4. The van der Waals surface area contributed by atoms with Gasteiger partial charge in [-0.05, 0) is 50.0 Å². The van der Waals surface area contributed by atoms with Crippen LogP contribution in [0.4, 0.5) is 4.79 Å². The molecule has 4 amide bonds. The molecule has 27 heavy (non-hydrogen) atoms. The summed E-state index contributed by atoms with van der Waals surface area (Å²) in [6.07, 6.45) is 1.92. The molecule has 7 nitrogen and oxygen atoms in total. The van der Waals surface area contributed by atoms with E-state index in [4.69, 9.17) is 4.74 Å². The number of ether oxygens (including phenoxy) is 1. The Bertz CT molecular complexity index is 768. The molecule has 2 saturated heterocycles. The van der Waals surface area contributed by atoms with Crippen molar-refractivity contribution < 1.29 is 19.1 Å². The Morgan fingerprint density at radius 2 is 1.85 bits per heavy atom. The first-order valence-electron chi connectivity index (χ1n) is 9.11. The number of imide groups is 1. The van der Waals surface area contributed by atoms with Crippen LogP contribution < -0.4 is 10.1 Å². The third kappa shape index (κ3) is 3.82. The quantitative estimate of drug-likeness (QED) is 0.613. The van der Waals surface area contributed by atoms with Crippen molar-refractivity contribution in [2.75, 3.05) is 26.2 Å². The van der Waals surface area contributed by atoms with Crippen molar-refractivity contribution in [3.63, 3.8) is 0 Å². The second kappa shape index (κ2) is 7.42. The van der Waals surface area contributed by atoms with Crippen LogP contribution in [0.2, 0.25) is 0 Å². The zero-order valence-electron chi connectivity index (χ0n) is 15.8. The van der Waals surface area contributed by atoms with Gasteiger partial charge in [0, 0.05) is 13.1 Å². The summed E-state index contributed by atoms with van der Waals surface area (Å²) in [5, 5.41) is 2.72. The Kier molecular flexibility index (Phi) is 5.21. The van der Waals surface area contributed by atoms with Gasteiger partial charge in [0.1, 0.15) is 24.4 Å². The third-order valence-corrected chi connectivity index (χ3v) is 4.94. The normalized spacial score (nSPS) is 22.1. The van der Waals surface area contributed by atoms with Crippen molar-refractivity contribution in [1.82, 2.24) is 15.1 Å². The molecular weight excluding hydrogens is 346 g/mol. The van der Waals surface area contributed by atoms with E-state index in [0.29, 0.717) is 31.0 Å². The van der Waals surface area contributed by atoms with Crippen molar-refractivity contribution in [1.29, 1.82) is 0 Å². The van der Waals surface area contributed by atoms with E-state index in [1.54, 1.807) is 36.1 Å². The van der Waals surface area contributed by atoms with Crippen molar-refractivity contribution in [2.24, 2.45) is 0 Å². The van der Waals surface area contributed by atoms with Crippen molar-refractivity contribution in [2.45, 2.75) is 32.2 Å². The molecule has 2 fully saturated rings. The SMILES string of the molecule is C=C(C)COc1ccc(C2(C)NC(=O)N(CC(=O)N3CCCC3)C2=O)cc1. The lowest BCUT2D eigenvalue weighted by Crippen LogP contribution is -2.43. The predicted octanol–water partition coefficient (Wildman–Crippen LogP) is 2.03. The van der Waals surface area contributed by atoms with Crippen molar-refractivity contribution in [3.8, 4) is 5.75 Å². The van der Waals surface area contributed by atoms with Gasteiger partial charge in [-0.1, -0.05) is 18.7 Å². The standard InChI is InChI=1S/C20H25N3O4/c1-14(2)13-27-16-8-6-15(7-9-16)20(3)18(25)23(19(26)21-20)12-17(24)22-10-4-5-11-22/h6-9H,1,4-5,10-13H2,2-3H3,(H,21,26). The summed E-state index contributed by atoms with van der Waals surface area (Å²) in [7, 11) is 0. The Morgan fingerprint density at radius 3 is 2.44 bits per heavy atom. The van der Waals surface area contributed by atoms with E-state index >= 15 is 0 Å². The van der Waals surface area contributed by atoms with Crippen LogP contribution >= 0.6 is 0 Å². The lowest BCUT2D eigenvalue weighted by atomic mass is 9.92. The number of hydrogen-bond acceptors (Lipinski definition) is 4. The van der Waals surface area contributed by atoms with Crippen molar-refractivity contribution in [3.05, 3.63) is 42.0 Å². The second-order valence-corrected chi connectivity index (χ2v) is 7.30. The maximum atomic E-state index is 12.9. The minimum absolute atomic E-state index is 0.191. The average molecular weight is 371 g/mol. The summed E-state index contributed by atoms with van der Waals surface area (Å²) < 4.78 is 5.56. The Balaban J connectivity index is 1.71. The minimum atomic E-state index is -1.20. The number of nitrogens with zero attached hydrogens (tertiary/aromatic N) is 2. The van der Waals surface area contributed by atoms with E-state index in [0.717, 1.165) is 23.3 Å². The van der Waals surface area contributed by atoms with Gasteiger partial charge in [0.05, 0.1) is 0 Å². The van der Waals surface area contributed by atoms with E-state index < -0.39 is 17.5 Å². The summed E-state index contributed by atoms with van der Waals surface area (Å²) in [6, 6.07) is 6.45. The average Bonchev–Trinajstić information content (AvgIpc) is 3.24. The van der Waals surface area contributed by atoms with Crippen LogP contribution in [0.3, 0.4) is 0 Å². The third-order valence-electron chi connectivity index (χ3n) is 4.94. The molecule has 0 aliphatic carbocycles. The van der Waals surface area contributed by atoms with Gasteiger partial charge in [0.25, 0.3) is 5.91 Å². The molecule has 1 aromatic rings. The highest BCUT2D eigenvalue weighted by molar-refractivity contribution is 6.09. The smallest absolute Gasteiger partial charge is 0.325 e. The first kappa shape index (κ1) is 18.9. The largest absolute Gasteiger partial charge is 0.489 e. The number of hydrogen-bond donors (Lipinski definition) is 1. The van der Waals surface area contributed by atoms with Gasteiger partial charge < -0.3 is 15.0 Å². The Morgan fingerprint density at radius 1 is 1.22 bits per heavy atom. The van der Waals surface area contributed by atoms with E-state index in [2.05, 4.69) is 11.9 Å². The molecule has 1 N–H and O–H groups in total. The first-order chi connectivity index (χ1) is 12.8. The van der Waals surface area contributed by atoms with Crippen LogP contribution in [0.15, 0.2) is 36.4 Å². The molecule has 0 aromatic heterocycles. The summed E-state index contributed by atoms with van der Waals surface area (Å²) in [4.78, 5) is 40.3. The van der Waals surface area contributed by atoms with E-state index in [9.17, 15) is 14.4 Å². The number of amides is 4. The molecule has 0 radical (unpaired) electrons. The molecule has 3 rings (SSSR count). The van der Waals surface area contributed by atoms with Crippen molar-refractivity contribution >= 4 is 17.8 Å². The second-order valence-electron chi connectivity index (χ2n) is 7.30. The minimum Gasteiger partial charge on any atom is -0.489 e. The highest BCUT2D eigenvalue weighted by atomic mass is 16.5. The zero-order chi connectivity index (χ0) is 19.6. The summed E-state index contributed by atoms with van der Waals surface area (Å²) in [5.41, 5.74) is 0.345. The Labute approximate surface area is 159 Å². The first-order valence-corrected chi connectivity index (χ1v) is 9.11. The molecule has 2 heterocycles. The number of carbonyl (C=O) groups is 3. The zero-order valence-corrected chi connectivity index (χ0v) is 15.8. The van der Waals surface area contributed by atoms with Crippen LogP contribution in [0.1, 0.15) is 32.3 Å². The van der Waals surface area contributed by atoms with Crippen LogP contribution in [0.5, 0.6) is 5.75 Å². The molecule has 0 saturated carbocycles. The number of carbonyl (C=O) groups excluding carboxylic acids is 3. The predicted molar refractivity (Wildman–Crippen MR) is 100 cm³/mol. The molecule has 1 aromatic carbocycles. The molecule has 1 atom stereocenters. The molecule has 2 aliphatic heterocycles. The van der Waals surface area contributed by atoms with Gasteiger partial charge in [-0.25, -0.2) is 4.79 Å². The highest BCUT2D eigenvalue weighted by Gasteiger charge is 2.49. The van der Waals surface area contributed by atoms with Crippen LogP contribution in [0.25, 0.3) is 0 Å². The van der Waals surface area contributed by atoms with Crippen LogP contribution in [0, 0.1) is 0 Å². The van der Waals surface area contributed by atoms with Crippen LogP contribution in [-0.2, 0) is 15.1 Å². The maximum Gasteiger partial charge on any atom is 0.325 e. The molecule has 7 heteroatoms. The van der Waals surface area contributed by atoms with Gasteiger partial charge in [-0.3, -0.25) is 14.5 Å². The molecule has 0 spiro atoms. The number of nitrogens with one attached hydrogen (secondary N) is 1. The van der Waals surface area contributed by atoms with Gasteiger partial charge in [-0.2, -0.15) is 0 Å². The van der Waals surface area contributed by atoms with E-state index in [-0.39, 0.29) is 12.5 Å². The molecule has 2 aliphatic rings. The number of urea groups is 1. The molecule has 144 valence electrons.